The van der Waals surface area contributed by atoms with Crippen LogP contribution < -0.4 is 10.5 Å². The number of para-hydroxylation sites is 1. The zero-order valence-corrected chi connectivity index (χ0v) is 11.1. The van der Waals surface area contributed by atoms with E-state index in [4.69, 9.17) is 10.5 Å². The Balaban J connectivity index is 2.04. The van der Waals surface area contributed by atoms with Crippen molar-refractivity contribution in [3.05, 3.63) is 30.3 Å². The van der Waals surface area contributed by atoms with Crippen molar-refractivity contribution in [3.8, 4) is 5.75 Å². The third kappa shape index (κ3) is 7.01. The number of hydrogen-bond acceptors (Lipinski definition) is 2. The van der Waals surface area contributed by atoms with Crippen molar-refractivity contribution >= 4 is 0 Å². The second-order valence-corrected chi connectivity index (χ2v) is 5.04. The van der Waals surface area contributed by atoms with Crippen molar-refractivity contribution in [1.82, 2.24) is 0 Å². The summed E-state index contributed by atoms with van der Waals surface area (Å²) in [6.07, 6.45) is 4.44. The maximum Gasteiger partial charge on any atom is 0.119 e. The summed E-state index contributed by atoms with van der Waals surface area (Å²) in [5, 5.41) is 0. The number of ether oxygens (including phenoxy) is 1. The standard InChI is InChI=1S/C15H25NO/c1-13(2)10-11-14(16)7-6-12-17-15-8-4-3-5-9-15/h3-5,8-9,13-14H,6-7,10-12,16H2,1-2H3. The van der Waals surface area contributed by atoms with E-state index in [0.29, 0.717) is 6.04 Å². The molecular weight excluding hydrogens is 210 g/mol. The smallest absolute Gasteiger partial charge is 0.119 e. The van der Waals surface area contributed by atoms with Gasteiger partial charge in [0.25, 0.3) is 0 Å². The van der Waals surface area contributed by atoms with Crippen LogP contribution >= 0.6 is 0 Å². The zero-order valence-electron chi connectivity index (χ0n) is 11.1. The van der Waals surface area contributed by atoms with Crippen LogP contribution in [0.25, 0.3) is 0 Å². The minimum Gasteiger partial charge on any atom is -0.494 e. The molecule has 0 amide bonds. The van der Waals surface area contributed by atoms with Crippen LogP contribution in [0, 0.1) is 5.92 Å². The van der Waals surface area contributed by atoms with Gasteiger partial charge in [0.2, 0.25) is 0 Å². The van der Waals surface area contributed by atoms with E-state index in [-0.39, 0.29) is 0 Å². The lowest BCUT2D eigenvalue weighted by atomic mass is 10.0. The van der Waals surface area contributed by atoms with Crippen molar-refractivity contribution in [3.63, 3.8) is 0 Å². The van der Waals surface area contributed by atoms with E-state index in [0.717, 1.165) is 37.5 Å². The van der Waals surface area contributed by atoms with E-state index < -0.39 is 0 Å². The fourth-order valence-corrected chi connectivity index (χ4v) is 1.74. The first kappa shape index (κ1) is 14.0. The monoisotopic (exact) mass is 235 g/mol. The van der Waals surface area contributed by atoms with E-state index in [1.807, 2.05) is 30.3 Å². The van der Waals surface area contributed by atoms with Gasteiger partial charge in [0.15, 0.2) is 0 Å². The van der Waals surface area contributed by atoms with E-state index >= 15 is 0 Å². The topological polar surface area (TPSA) is 35.2 Å². The molecule has 1 unspecified atom stereocenters. The molecule has 1 aromatic carbocycles. The average Bonchev–Trinajstić information content (AvgIpc) is 2.33. The lowest BCUT2D eigenvalue weighted by Crippen LogP contribution is -2.21. The van der Waals surface area contributed by atoms with Gasteiger partial charge in [-0.05, 0) is 43.7 Å². The van der Waals surface area contributed by atoms with Crippen LogP contribution in [0.1, 0.15) is 39.5 Å². The molecular formula is C15H25NO. The van der Waals surface area contributed by atoms with Crippen LogP contribution in [0.15, 0.2) is 30.3 Å². The largest absolute Gasteiger partial charge is 0.494 e. The SMILES string of the molecule is CC(C)CCC(N)CCCOc1ccccc1. The van der Waals surface area contributed by atoms with Crippen molar-refractivity contribution in [1.29, 1.82) is 0 Å². The molecule has 0 spiro atoms. The second kappa shape index (κ2) is 8.13. The van der Waals surface area contributed by atoms with Crippen LogP contribution in [0.4, 0.5) is 0 Å². The Morgan fingerprint density at radius 2 is 1.76 bits per heavy atom. The summed E-state index contributed by atoms with van der Waals surface area (Å²) in [7, 11) is 0. The molecule has 0 saturated carbocycles. The zero-order chi connectivity index (χ0) is 12.5. The third-order valence-electron chi connectivity index (χ3n) is 2.85. The number of rotatable bonds is 8. The highest BCUT2D eigenvalue weighted by Crippen LogP contribution is 2.11. The van der Waals surface area contributed by atoms with Gasteiger partial charge in [0.1, 0.15) is 5.75 Å². The maximum absolute atomic E-state index is 6.05. The van der Waals surface area contributed by atoms with Crippen LogP contribution in [-0.2, 0) is 0 Å². The molecule has 0 saturated heterocycles. The highest BCUT2D eigenvalue weighted by atomic mass is 16.5. The second-order valence-electron chi connectivity index (χ2n) is 5.04. The highest BCUT2D eigenvalue weighted by molar-refractivity contribution is 5.20. The Hall–Kier alpha value is -1.02. The summed E-state index contributed by atoms with van der Waals surface area (Å²) >= 11 is 0. The minimum atomic E-state index is 0.330. The third-order valence-corrected chi connectivity index (χ3v) is 2.85. The maximum atomic E-state index is 6.05. The molecule has 1 rings (SSSR count). The lowest BCUT2D eigenvalue weighted by Gasteiger charge is -2.13. The van der Waals surface area contributed by atoms with E-state index in [9.17, 15) is 0 Å². The molecule has 0 aliphatic heterocycles. The van der Waals surface area contributed by atoms with Gasteiger partial charge < -0.3 is 10.5 Å². The summed E-state index contributed by atoms with van der Waals surface area (Å²) in [6.45, 7) is 5.25. The molecule has 0 fully saturated rings. The summed E-state index contributed by atoms with van der Waals surface area (Å²) in [5.41, 5.74) is 6.05. The Bertz CT molecular complexity index is 284. The molecule has 1 atom stereocenters. The highest BCUT2D eigenvalue weighted by Gasteiger charge is 2.04. The fourth-order valence-electron chi connectivity index (χ4n) is 1.74. The summed E-state index contributed by atoms with van der Waals surface area (Å²) in [4.78, 5) is 0. The molecule has 2 nitrogen and oxygen atoms in total. The predicted molar refractivity (Wildman–Crippen MR) is 73.2 cm³/mol. The molecule has 0 bridgehead atoms. The van der Waals surface area contributed by atoms with Gasteiger partial charge in [0.05, 0.1) is 6.61 Å². The molecule has 0 aliphatic carbocycles. The average molecular weight is 235 g/mol. The molecule has 0 aliphatic rings. The summed E-state index contributed by atoms with van der Waals surface area (Å²) in [6, 6.07) is 10.3. The first-order valence-corrected chi connectivity index (χ1v) is 6.62. The van der Waals surface area contributed by atoms with Gasteiger partial charge in [-0.3, -0.25) is 0 Å². The molecule has 2 heteroatoms. The van der Waals surface area contributed by atoms with Crippen LogP contribution in [-0.4, -0.2) is 12.6 Å². The normalized spacial score (nSPS) is 12.7. The molecule has 1 aromatic rings. The van der Waals surface area contributed by atoms with Crippen molar-refractivity contribution < 1.29 is 4.74 Å². The van der Waals surface area contributed by atoms with Crippen molar-refractivity contribution in [2.24, 2.45) is 11.7 Å². The van der Waals surface area contributed by atoms with E-state index in [2.05, 4.69) is 13.8 Å². The first-order chi connectivity index (χ1) is 8.18. The Labute approximate surface area is 105 Å². The van der Waals surface area contributed by atoms with Gasteiger partial charge in [-0.1, -0.05) is 32.0 Å². The lowest BCUT2D eigenvalue weighted by molar-refractivity contribution is 0.298. The molecule has 2 N–H and O–H groups in total. The van der Waals surface area contributed by atoms with E-state index in [1.165, 1.54) is 6.42 Å². The first-order valence-electron chi connectivity index (χ1n) is 6.62. The Kier molecular flexibility index (Phi) is 6.71. The quantitative estimate of drug-likeness (QED) is 0.699. The number of hydrogen-bond donors (Lipinski definition) is 1. The van der Waals surface area contributed by atoms with Crippen LogP contribution in [0.5, 0.6) is 5.75 Å². The van der Waals surface area contributed by atoms with Gasteiger partial charge in [0, 0.05) is 6.04 Å². The Morgan fingerprint density at radius 3 is 2.41 bits per heavy atom. The molecule has 0 aromatic heterocycles. The van der Waals surface area contributed by atoms with Crippen LogP contribution in [0.3, 0.4) is 0 Å². The van der Waals surface area contributed by atoms with Crippen molar-refractivity contribution in [2.75, 3.05) is 6.61 Å². The van der Waals surface area contributed by atoms with E-state index in [1.54, 1.807) is 0 Å². The molecule has 96 valence electrons. The Morgan fingerprint density at radius 1 is 1.06 bits per heavy atom. The summed E-state index contributed by atoms with van der Waals surface area (Å²) < 4.78 is 5.63. The van der Waals surface area contributed by atoms with Gasteiger partial charge >= 0.3 is 0 Å². The van der Waals surface area contributed by atoms with Crippen molar-refractivity contribution in [2.45, 2.75) is 45.6 Å². The summed E-state index contributed by atoms with van der Waals surface area (Å²) in [5.74, 6) is 1.70. The number of nitrogens with two attached hydrogens (primary N) is 1. The molecule has 0 heterocycles. The van der Waals surface area contributed by atoms with Crippen LogP contribution in [0.2, 0.25) is 0 Å². The number of benzene rings is 1. The molecule has 0 radical (unpaired) electrons. The predicted octanol–water partition coefficient (Wildman–Crippen LogP) is 3.61. The fraction of sp³-hybridized carbons (Fsp3) is 0.600. The van der Waals surface area contributed by atoms with Gasteiger partial charge in [-0.2, -0.15) is 0 Å². The minimum absolute atomic E-state index is 0.330. The van der Waals surface area contributed by atoms with Gasteiger partial charge in [-0.15, -0.1) is 0 Å². The molecule has 17 heavy (non-hydrogen) atoms. The van der Waals surface area contributed by atoms with Gasteiger partial charge in [-0.25, -0.2) is 0 Å².